The summed E-state index contributed by atoms with van der Waals surface area (Å²) < 4.78 is 2.81. The van der Waals surface area contributed by atoms with Gasteiger partial charge < -0.3 is 5.11 Å². The molecule has 0 aliphatic carbocycles. The van der Waals surface area contributed by atoms with Crippen LogP contribution in [-0.4, -0.2) is 15.6 Å². The Bertz CT molecular complexity index is 745. The van der Waals surface area contributed by atoms with Crippen LogP contribution in [0, 0.1) is 13.8 Å². The van der Waals surface area contributed by atoms with Crippen LogP contribution in [0.1, 0.15) is 21.6 Å². The van der Waals surface area contributed by atoms with Crippen LogP contribution in [0.4, 0.5) is 0 Å². The number of benzene rings is 1. The third kappa shape index (κ3) is 2.45. The Hall–Kier alpha value is -1.40. The van der Waals surface area contributed by atoms with Crippen LogP contribution in [0.15, 0.2) is 38.0 Å². The quantitative estimate of drug-likeness (QED) is 0.836. The molecule has 0 saturated heterocycles. The Morgan fingerprint density at radius 3 is 2.25 bits per heavy atom. The number of carbonyl (C=O) groups is 1. The molecule has 0 unspecified atom stereocenters. The average Bonchev–Trinajstić information content (AvgIpc) is 2.31. The standard InChI is InChI=1S/C14H11Br2NO3/c1-7-6-11(18)17(8(2)12(7)14(19)20)13-9(15)4-3-5-10(13)16/h3-6H,1-2H3,(H,19,20). The molecule has 0 fully saturated rings. The number of carboxylic acids is 1. The van der Waals surface area contributed by atoms with Gasteiger partial charge in [-0.1, -0.05) is 6.07 Å². The summed E-state index contributed by atoms with van der Waals surface area (Å²) >= 11 is 6.79. The highest BCUT2D eigenvalue weighted by Crippen LogP contribution is 2.29. The average molecular weight is 401 g/mol. The molecular weight excluding hydrogens is 390 g/mol. The van der Waals surface area contributed by atoms with Crippen molar-refractivity contribution < 1.29 is 9.90 Å². The van der Waals surface area contributed by atoms with Crippen molar-refractivity contribution in [2.75, 3.05) is 0 Å². The molecule has 4 nitrogen and oxygen atoms in total. The molecule has 0 saturated carbocycles. The van der Waals surface area contributed by atoms with Crippen LogP contribution in [0.2, 0.25) is 0 Å². The number of pyridine rings is 1. The molecule has 104 valence electrons. The number of carboxylic acid groups (broad SMARTS) is 1. The largest absolute Gasteiger partial charge is 0.478 e. The van der Waals surface area contributed by atoms with Crippen LogP contribution < -0.4 is 5.56 Å². The minimum Gasteiger partial charge on any atom is -0.478 e. The minimum absolute atomic E-state index is 0.146. The molecule has 1 heterocycles. The van der Waals surface area contributed by atoms with E-state index in [1.54, 1.807) is 26.0 Å². The van der Waals surface area contributed by atoms with Gasteiger partial charge in [-0.05, 0) is 63.4 Å². The van der Waals surface area contributed by atoms with E-state index in [1.807, 2.05) is 6.07 Å². The number of aromatic carboxylic acids is 1. The zero-order valence-electron chi connectivity index (χ0n) is 10.8. The number of hydrogen-bond acceptors (Lipinski definition) is 2. The first-order chi connectivity index (χ1) is 9.34. The van der Waals surface area contributed by atoms with E-state index in [0.29, 0.717) is 25.9 Å². The lowest BCUT2D eigenvalue weighted by Gasteiger charge is -2.16. The second-order valence-electron chi connectivity index (χ2n) is 4.34. The van der Waals surface area contributed by atoms with E-state index in [9.17, 15) is 14.7 Å². The molecule has 1 N–H and O–H groups in total. The van der Waals surface area contributed by atoms with Crippen molar-refractivity contribution in [1.82, 2.24) is 4.57 Å². The SMILES string of the molecule is Cc1cc(=O)n(-c2c(Br)cccc2Br)c(C)c1C(=O)O. The number of hydrogen-bond donors (Lipinski definition) is 1. The normalized spacial score (nSPS) is 10.6. The summed E-state index contributed by atoms with van der Waals surface area (Å²) in [5.74, 6) is -1.04. The molecule has 0 aliphatic heterocycles. The molecule has 0 amide bonds. The topological polar surface area (TPSA) is 59.3 Å². The van der Waals surface area contributed by atoms with Gasteiger partial charge in [0, 0.05) is 20.7 Å². The second kappa shape index (κ2) is 5.54. The minimum atomic E-state index is -1.04. The first-order valence-electron chi connectivity index (χ1n) is 5.75. The van der Waals surface area contributed by atoms with Gasteiger partial charge in [0.2, 0.25) is 0 Å². The van der Waals surface area contributed by atoms with Crippen molar-refractivity contribution in [2.45, 2.75) is 13.8 Å². The Morgan fingerprint density at radius 1 is 1.20 bits per heavy atom. The summed E-state index contributed by atoms with van der Waals surface area (Å²) in [4.78, 5) is 23.6. The number of nitrogens with zero attached hydrogens (tertiary/aromatic N) is 1. The van der Waals surface area contributed by atoms with Crippen molar-refractivity contribution in [3.8, 4) is 5.69 Å². The van der Waals surface area contributed by atoms with Crippen molar-refractivity contribution in [2.24, 2.45) is 0 Å². The van der Waals surface area contributed by atoms with E-state index >= 15 is 0 Å². The highest BCUT2D eigenvalue weighted by atomic mass is 79.9. The maximum atomic E-state index is 12.3. The van der Waals surface area contributed by atoms with E-state index in [4.69, 9.17) is 0 Å². The predicted octanol–water partition coefficient (Wildman–Crippen LogP) is 3.68. The van der Waals surface area contributed by atoms with E-state index in [1.165, 1.54) is 10.6 Å². The van der Waals surface area contributed by atoms with Gasteiger partial charge in [-0.15, -0.1) is 0 Å². The fourth-order valence-corrected chi connectivity index (χ4v) is 3.54. The van der Waals surface area contributed by atoms with Gasteiger partial charge in [0.15, 0.2) is 0 Å². The second-order valence-corrected chi connectivity index (χ2v) is 6.05. The van der Waals surface area contributed by atoms with Crippen molar-refractivity contribution in [1.29, 1.82) is 0 Å². The fraction of sp³-hybridized carbons (Fsp3) is 0.143. The molecule has 20 heavy (non-hydrogen) atoms. The van der Waals surface area contributed by atoms with Crippen LogP contribution in [0.25, 0.3) is 5.69 Å². The third-order valence-corrected chi connectivity index (χ3v) is 4.31. The smallest absolute Gasteiger partial charge is 0.337 e. The van der Waals surface area contributed by atoms with Crippen LogP contribution in [0.3, 0.4) is 0 Å². The van der Waals surface area contributed by atoms with Gasteiger partial charge in [-0.2, -0.15) is 0 Å². The zero-order chi connectivity index (χ0) is 15.0. The molecule has 2 aromatic rings. The molecule has 0 spiro atoms. The van der Waals surface area contributed by atoms with E-state index in [-0.39, 0.29) is 11.1 Å². The molecule has 0 bridgehead atoms. The number of rotatable bonds is 2. The summed E-state index contributed by atoms with van der Waals surface area (Å²) in [5, 5.41) is 9.31. The number of aryl methyl sites for hydroxylation is 1. The Balaban J connectivity index is 2.92. The van der Waals surface area contributed by atoms with Crippen LogP contribution >= 0.6 is 31.9 Å². The lowest BCUT2D eigenvalue weighted by atomic mass is 10.1. The van der Waals surface area contributed by atoms with Gasteiger partial charge in [0.25, 0.3) is 5.56 Å². The summed E-state index contributed by atoms with van der Waals surface area (Å²) in [7, 11) is 0. The molecule has 6 heteroatoms. The van der Waals surface area contributed by atoms with Crippen molar-refractivity contribution in [3.05, 3.63) is 60.4 Å². The van der Waals surface area contributed by atoms with Gasteiger partial charge in [0.1, 0.15) is 0 Å². The number of para-hydroxylation sites is 1. The highest BCUT2D eigenvalue weighted by molar-refractivity contribution is 9.11. The van der Waals surface area contributed by atoms with Crippen molar-refractivity contribution >= 4 is 37.8 Å². The molecule has 1 aromatic heterocycles. The van der Waals surface area contributed by atoms with Gasteiger partial charge >= 0.3 is 5.97 Å². The fourth-order valence-electron chi connectivity index (χ4n) is 2.19. The van der Waals surface area contributed by atoms with Gasteiger partial charge in [-0.25, -0.2) is 4.79 Å². The molecule has 0 radical (unpaired) electrons. The van der Waals surface area contributed by atoms with E-state index in [0.717, 1.165) is 0 Å². The maximum absolute atomic E-state index is 12.3. The summed E-state index contributed by atoms with van der Waals surface area (Å²) in [6.45, 7) is 3.25. The third-order valence-electron chi connectivity index (χ3n) is 3.03. The lowest BCUT2D eigenvalue weighted by molar-refractivity contribution is 0.0694. The first kappa shape index (κ1) is 15.0. The maximum Gasteiger partial charge on any atom is 0.337 e. The molecular formula is C14H11Br2NO3. The Morgan fingerprint density at radius 2 is 1.75 bits per heavy atom. The summed E-state index contributed by atoms with van der Waals surface area (Å²) in [6.07, 6.45) is 0. The Kier molecular flexibility index (Phi) is 4.15. The zero-order valence-corrected chi connectivity index (χ0v) is 13.9. The first-order valence-corrected chi connectivity index (χ1v) is 7.34. The van der Waals surface area contributed by atoms with Gasteiger partial charge in [-0.3, -0.25) is 9.36 Å². The highest BCUT2D eigenvalue weighted by Gasteiger charge is 2.19. The van der Waals surface area contributed by atoms with Crippen molar-refractivity contribution in [3.63, 3.8) is 0 Å². The predicted molar refractivity (Wildman–Crippen MR) is 83.9 cm³/mol. The number of halogens is 2. The Labute approximate surface area is 132 Å². The monoisotopic (exact) mass is 399 g/mol. The number of aromatic nitrogens is 1. The lowest BCUT2D eigenvalue weighted by Crippen LogP contribution is -2.24. The molecule has 2 rings (SSSR count). The van der Waals surface area contributed by atoms with Gasteiger partial charge in [0.05, 0.1) is 11.3 Å². The molecule has 0 aliphatic rings. The van der Waals surface area contributed by atoms with Crippen LogP contribution in [0.5, 0.6) is 0 Å². The van der Waals surface area contributed by atoms with E-state index < -0.39 is 5.97 Å². The van der Waals surface area contributed by atoms with E-state index in [2.05, 4.69) is 31.9 Å². The molecule has 0 atom stereocenters. The molecule has 1 aromatic carbocycles. The summed E-state index contributed by atoms with van der Waals surface area (Å²) in [5.41, 5.74) is 1.33. The van der Waals surface area contributed by atoms with Crippen LogP contribution in [-0.2, 0) is 0 Å². The summed E-state index contributed by atoms with van der Waals surface area (Å²) in [6, 6.07) is 6.76.